The molecule has 1 aliphatic rings. The Labute approximate surface area is 211 Å². The normalized spacial score (nSPS) is 14.0. The third-order valence-electron chi connectivity index (χ3n) is 6.15. The van der Waals surface area contributed by atoms with Crippen LogP contribution in [-0.4, -0.2) is 67.0 Å². The molecule has 0 unspecified atom stereocenters. The first-order chi connectivity index (χ1) is 17.6. The van der Waals surface area contributed by atoms with Gasteiger partial charge in [0.2, 0.25) is 5.89 Å². The molecule has 3 aromatic rings. The Morgan fingerprint density at radius 2 is 1.86 bits per heavy atom. The molecule has 0 bridgehead atoms. The molecule has 1 N–H and O–H groups in total. The van der Waals surface area contributed by atoms with E-state index >= 15 is 0 Å². The fourth-order valence-corrected chi connectivity index (χ4v) is 4.13. The number of aryl methyl sites for hydroxylation is 2. The van der Waals surface area contributed by atoms with Crippen LogP contribution < -0.4 is 9.47 Å². The van der Waals surface area contributed by atoms with E-state index in [9.17, 15) is 4.79 Å². The smallest absolute Gasteiger partial charge is 0.303 e. The second-order valence-electron chi connectivity index (χ2n) is 8.81. The summed E-state index contributed by atoms with van der Waals surface area (Å²) in [6, 6.07) is 15.4. The number of carbonyl (C=O) groups is 1. The monoisotopic (exact) mass is 494 g/mol. The lowest BCUT2D eigenvalue weighted by molar-refractivity contribution is -0.136. The summed E-state index contributed by atoms with van der Waals surface area (Å²) in [5.74, 6) is 1.93. The van der Waals surface area contributed by atoms with Gasteiger partial charge in [0.05, 0.1) is 32.1 Å². The number of aliphatic carboxylic acids is 1. The fourth-order valence-electron chi connectivity index (χ4n) is 4.13. The van der Waals surface area contributed by atoms with Gasteiger partial charge in [0.25, 0.3) is 0 Å². The summed E-state index contributed by atoms with van der Waals surface area (Å²) < 4.78 is 23.3. The summed E-state index contributed by atoms with van der Waals surface area (Å²) in [5.41, 5.74) is 2.68. The number of carboxylic acids is 1. The van der Waals surface area contributed by atoms with Crippen LogP contribution in [-0.2, 0) is 22.4 Å². The molecule has 0 radical (unpaired) electrons. The number of hydrogen-bond acceptors (Lipinski definition) is 7. The van der Waals surface area contributed by atoms with Gasteiger partial charge in [0.15, 0.2) is 0 Å². The van der Waals surface area contributed by atoms with Crippen LogP contribution in [0.25, 0.3) is 11.5 Å². The molecule has 4 rings (SSSR count). The van der Waals surface area contributed by atoms with Crippen LogP contribution in [0.2, 0.25) is 0 Å². The molecular formula is C28H34N2O6. The number of morpholine rings is 1. The van der Waals surface area contributed by atoms with Crippen LogP contribution >= 0.6 is 0 Å². The first-order valence-electron chi connectivity index (χ1n) is 12.5. The quantitative estimate of drug-likeness (QED) is 0.350. The molecular weight excluding hydrogens is 460 g/mol. The van der Waals surface area contributed by atoms with Gasteiger partial charge in [0, 0.05) is 44.1 Å². The van der Waals surface area contributed by atoms with Crippen molar-refractivity contribution in [2.75, 3.05) is 46.1 Å². The van der Waals surface area contributed by atoms with Gasteiger partial charge in [-0.2, -0.15) is 0 Å². The van der Waals surface area contributed by atoms with Crippen LogP contribution in [0.4, 0.5) is 0 Å². The number of nitrogens with zero attached hydrogens (tertiary/aromatic N) is 2. The van der Waals surface area contributed by atoms with E-state index in [2.05, 4.69) is 9.88 Å². The van der Waals surface area contributed by atoms with Crippen LogP contribution in [0.1, 0.15) is 29.9 Å². The lowest BCUT2D eigenvalue weighted by Crippen LogP contribution is -2.37. The third kappa shape index (κ3) is 7.57. The second kappa shape index (κ2) is 13.1. The van der Waals surface area contributed by atoms with E-state index in [-0.39, 0.29) is 6.42 Å². The first-order valence-corrected chi connectivity index (χ1v) is 12.5. The molecule has 0 atom stereocenters. The maximum Gasteiger partial charge on any atom is 0.303 e. The predicted octanol–water partition coefficient (Wildman–Crippen LogP) is 4.39. The third-order valence-corrected chi connectivity index (χ3v) is 6.15. The maximum absolute atomic E-state index is 11.1. The van der Waals surface area contributed by atoms with E-state index in [4.69, 9.17) is 23.7 Å². The Balaban J connectivity index is 1.33. The molecule has 8 heteroatoms. The highest BCUT2D eigenvalue weighted by Gasteiger charge is 2.13. The van der Waals surface area contributed by atoms with Crippen LogP contribution in [0.5, 0.6) is 11.5 Å². The number of oxazole rings is 1. The molecule has 0 spiro atoms. The molecule has 8 nitrogen and oxygen atoms in total. The number of hydrogen-bond donors (Lipinski definition) is 1. The largest absolute Gasteiger partial charge is 0.493 e. The molecule has 36 heavy (non-hydrogen) atoms. The highest BCUT2D eigenvalue weighted by atomic mass is 16.5. The minimum absolute atomic E-state index is 0.0551. The summed E-state index contributed by atoms with van der Waals surface area (Å²) in [6.07, 6.45) is 1.96. The van der Waals surface area contributed by atoms with Crippen molar-refractivity contribution in [2.45, 2.75) is 32.6 Å². The maximum atomic E-state index is 11.1. The Morgan fingerprint density at radius 3 is 2.64 bits per heavy atom. The van der Waals surface area contributed by atoms with Crippen molar-refractivity contribution in [1.82, 2.24) is 9.88 Å². The summed E-state index contributed by atoms with van der Waals surface area (Å²) in [7, 11) is 0. The Morgan fingerprint density at radius 1 is 1.06 bits per heavy atom. The van der Waals surface area contributed by atoms with Gasteiger partial charge < -0.3 is 23.7 Å². The Kier molecular flexibility index (Phi) is 9.35. The first kappa shape index (κ1) is 25.7. The number of aromatic nitrogens is 1. The zero-order valence-corrected chi connectivity index (χ0v) is 20.8. The van der Waals surface area contributed by atoms with Crippen molar-refractivity contribution in [3.8, 4) is 23.0 Å². The van der Waals surface area contributed by atoms with Gasteiger partial charge >= 0.3 is 5.97 Å². The van der Waals surface area contributed by atoms with E-state index in [1.54, 1.807) is 0 Å². The van der Waals surface area contributed by atoms with E-state index < -0.39 is 5.97 Å². The van der Waals surface area contributed by atoms with Crippen molar-refractivity contribution >= 4 is 5.97 Å². The molecule has 1 aromatic heterocycles. The Bertz CT molecular complexity index is 1110. The fraction of sp³-hybridized carbons (Fsp3) is 0.429. The molecule has 192 valence electrons. The summed E-state index contributed by atoms with van der Waals surface area (Å²) in [4.78, 5) is 18.1. The summed E-state index contributed by atoms with van der Waals surface area (Å²) in [6.45, 7) is 7.31. The second-order valence-corrected chi connectivity index (χ2v) is 8.81. The average Bonchev–Trinajstić information content (AvgIpc) is 3.27. The number of rotatable bonds is 13. The van der Waals surface area contributed by atoms with Crippen molar-refractivity contribution in [1.29, 1.82) is 0 Å². The SMILES string of the molecule is Cc1oc(-c2ccccc2)nc1CCOc1ccc(CCC(=O)O)c(OCCCN2CCOCC2)c1. The minimum Gasteiger partial charge on any atom is -0.493 e. The van der Waals surface area contributed by atoms with Gasteiger partial charge in [-0.25, -0.2) is 4.98 Å². The van der Waals surface area contributed by atoms with E-state index in [0.717, 1.165) is 61.8 Å². The van der Waals surface area contributed by atoms with Crippen molar-refractivity contribution in [3.63, 3.8) is 0 Å². The number of ether oxygens (including phenoxy) is 3. The zero-order chi connectivity index (χ0) is 25.2. The van der Waals surface area contributed by atoms with E-state index in [1.165, 1.54) is 0 Å². The van der Waals surface area contributed by atoms with Crippen LogP contribution in [0.3, 0.4) is 0 Å². The molecule has 0 amide bonds. The molecule has 0 aliphatic carbocycles. The van der Waals surface area contributed by atoms with E-state index in [0.29, 0.717) is 43.4 Å². The average molecular weight is 495 g/mol. The van der Waals surface area contributed by atoms with Crippen LogP contribution in [0, 0.1) is 6.92 Å². The Hall–Kier alpha value is -3.36. The minimum atomic E-state index is -0.827. The highest BCUT2D eigenvalue weighted by molar-refractivity contribution is 5.67. The standard InChI is InChI=1S/C28H34N2O6/c1-21-25(29-28(36-21)23-6-3-2-4-7-23)12-17-34-24-10-8-22(9-11-27(31)32)26(20-24)35-16-5-13-30-14-18-33-19-15-30/h2-4,6-8,10,20H,5,9,11-19H2,1H3,(H,31,32). The van der Waals surface area contributed by atoms with E-state index in [1.807, 2.05) is 55.5 Å². The molecule has 0 saturated carbocycles. The van der Waals surface area contributed by atoms with Gasteiger partial charge in [-0.15, -0.1) is 0 Å². The summed E-state index contributed by atoms with van der Waals surface area (Å²) in [5, 5.41) is 9.11. The van der Waals surface area contributed by atoms with Gasteiger partial charge in [-0.1, -0.05) is 24.3 Å². The number of benzene rings is 2. The van der Waals surface area contributed by atoms with Crippen LogP contribution in [0.15, 0.2) is 52.9 Å². The zero-order valence-electron chi connectivity index (χ0n) is 20.8. The molecule has 2 heterocycles. The molecule has 1 aliphatic heterocycles. The van der Waals surface area contributed by atoms with Gasteiger partial charge in [0.1, 0.15) is 17.3 Å². The molecule has 1 fully saturated rings. The van der Waals surface area contributed by atoms with Crippen molar-refractivity contribution in [2.24, 2.45) is 0 Å². The lowest BCUT2D eigenvalue weighted by atomic mass is 10.1. The van der Waals surface area contributed by atoms with Gasteiger partial charge in [-0.05, 0) is 43.5 Å². The topological polar surface area (TPSA) is 94.3 Å². The summed E-state index contributed by atoms with van der Waals surface area (Å²) >= 11 is 0. The molecule has 2 aromatic carbocycles. The number of carboxylic acid groups (broad SMARTS) is 1. The van der Waals surface area contributed by atoms with Gasteiger partial charge in [-0.3, -0.25) is 9.69 Å². The lowest BCUT2D eigenvalue weighted by Gasteiger charge is -2.26. The van der Waals surface area contributed by atoms with Crippen molar-refractivity contribution in [3.05, 3.63) is 65.5 Å². The molecule has 1 saturated heterocycles. The predicted molar refractivity (Wildman–Crippen MR) is 136 cm³/mol. The van der Waals surface area contributed by atoms with Crippen molar-refractivity contribution < 1.29 is 28.5 Å². The highest BCUT2D eigenvalue weighted by Crippen LogP contribution is 2.27.